The molecule has 1 N–H and O–H groups in total. The summed E-state index contributed by atoms with van der Waals surface area (Å²) in [4.78, 5) is -2.01. The van der Waals surface area contributed by atoms with Gasteiger partial charge in [0.25, 0.3) is 0 Å². The van der Waals surface area contributed by atoms with Gasteiger partial charge in [-0.25, -0.2) is 0 Å². The minimum Gasteiger partial charge on any atom is -0.315 e. The second kappa shape index (κ2) is 2.27. The van der Waals surface area contributed by atoms with Crippen LogP contribution < -0.4 is 5.32 Å². The highest BCUT2D eigenvalue weighted by atomic mass is 35.5. The number of alkyl halides is 4. The normalized spacial score (nSPS) is 34.8. The van der Waals surface area contributed by atoms with E-state index in [-0.39, 0.29) is 13.0 Å². The fourth-order valence-corrected chi connectivity index (χ4v) is 1.09. The van der Waals surface area contributed by atoms with Crippen LogP contribution in [0.15, 0.2) is 0 Å². The first kappa shape index (κ1) is 8.14. The van der Waals surface area contributed by atoms with Gasteiger partial charge in [-0.05, 0) is 13.0 Å². The average Bonchev–Trinajstić information content (AvgIpc) is 2.13. The van der Waals surface area contributed by atoms with E-state index in [2.05, 4.69) is 5.32 Å². The molecule has 1 unspecified atom stereocenters. The maximum Gasteiger partial charge on any atom is 0.408 e. The summed E-state index contributed by atoms with van der Waals surface area (Å²) in [5.74, 6) is 0. The molecular formula is C5H7ClF3N. The van der Waals surface area contributed by atoms with Crippen LogP contribution in [0, 0.1) is 0 Å². The maximum absolute atomic E-state index is 12.0. The van der Waals surface area contributed by atoms with Crippen LogP contribution in [0.4, 0.5) is 13.2 Å². The summed E-state index contributed by atoms with van der Waals surface area (Å²) < 4.78 is 35.9. The number of nitrogens with one attached hydrogen (secondary N) is 1. The lowest BCUT2D eigenvalue weighted by molar-refractivity contribution is -0.157. The quantitative estimate of drug-likeness (QED) is 0.548. The molecule has 1 nitrogen and oxygen atoms in total. The Morgan fingerprint density at radius 3 is 2.20 bits per heavy atom. The van der Waals surface area contributed by atoms with Crippen molar-refractivity contribution in [2.75, 3.05) is 13.1 Å². The van der Waals surface area contributed by atoms with Crippen molar-refractivity contribution in [3.63, 3.8) is 0 Å². The molecule has 1 saturated heterocycles. The molecule has 0 aromatic heterocycles. The van der Waals surface area contributed by atoms with Gasteiger partial charge in [-0.1, -0.05) is 0 Å². The van der Waals surface area contributed by atoms with Crippen LogP contribution in [-0.2, 0) is 0 Å². The van der Waals surface area contributed by atoms with Crippen LogP contribution in [0.5, 0.6) is 0 Å². The smallest absolute Gasteiger partial charge is 0.315 e. The highest BCUT2D eigenvalue weighted by Gasteiger charge is 2.54. The van der Waals surface area contributed by atoms with E-state index in [9.17, 15) is 13.2 Å². The maximum atomic E-state index is 12.0. The SMILES string of the molecule is FC(F)(F)C1(Cl)CCNC1. The molecule has 1 aliphatic heterocycles. The van der Waals surface area contributed by atoms with E-state index in [0.717, 1.165) is 0 Å². The van der Waals surface area contributed by atoms with E-state index in [4.69, 9.17) is 11.6 Å². The molecule has 1 atom stereocenters. The van der Waals surface area contributed by atoms with Crippen molar-refractivity contribution in [2.24, 2.45) is 0 Å². The van der Waals surface area contributed by atoms with Crippen LogP contribution in [0.25, 0.3) is 0 Å². The van der Waals surface area contributed by atoms with Gasteiger partial charge in [0.05, 0.1) is 0 Å². The van der Waals surface area contributed by atoms with Gasteiger partial charge >= 0.3 is 6.18 Å². The van der Waals surface area contributed by atoms with Crippen molar-refractivity contribution in [1.29, 1.82) is 0 Å². The Balaban J connectivity index is 2.67. The Labute approximate surface area is 61.5 Å². The third-order valence-electron chi connectivity index (χ3n) is 1.61. The second-order valence-corrected chi connectivity index (χ2v) is 3.11. The van der Waals surface area contributed by atoms with Gasteiger partial charge in [0, 0.05) is 6.54 Å². The number of hydrogen-bond donors (Lipinski definition) is 1. The van der Waals surface area contributed by atoms with Gasteiger partial charge in [0.15, 0.2) is 4.87 Å². The van der Waals surface area contributed by atoms with Gasteiger partial charge in [-0.2, -0.15) is 13.2 Å². The average molecular weight is 174 g/mol. The van der Waals surface area contributed by atoms with Crippen LogP contribution in [0.2, 0.25) is 0 Å². The van der Waals surface area contributed by atoms with Crippen LogP contribution in [-0.4, -0.2) is 24.1 Å². The molecule has 10 heavy (non-hydrogen) atoms. The molecule has 1 heterocycles. The van der Waals surface area contributed by atoms with Gasteiger partial charge in [-0.15, -0.1) is 11.6 Å². The monoisotopic (exact) mass is 173 g/mol. The van der Waals surface area contributed by atoms with E-state index < -0.39 is 11.1 Å². The Kier molecular flexibility index (Phi) is 1.85. The molecule has 60 valence electrons. The summed E-state index contributed by atoms with van der Waals surface area (Å²) in [5, 5.41) is 2.57. The molecule has 0 aliphatic carbocycles. The zero-order chi connectivity index (χ0) is 7.83. The van der Waals surface area contributed by atoms with E-state index in [1.807, 2.05) is 0 Å². The molecule has 0 aromatic rings. The largest absolute Gasteiger partial charge is 0.408 e. The first-order chi connectivity index (χ1) is 4.46. The lowest BCUT2D eigenvalue weighted by atomic mass is 10.1. The van der Waals surface area contributed by atoms with Gasteiger partial charge in [0.2, 0.25) is 0 Å². The molecule has 0 radical (unpaired) electrons. The molecule has 1 rings (SSSR count). The Morgan fingerprint density at radius 1 is 1.40 bits per heavy atom. The third-order valence-corrected chi connectivity index (χ3v) is 2.15. The predicted octanol–water partition coefficient (Wildman–Crippen LogP) is 1.52. The standard InChI is InChI=1S/C5H7ClF3N/c6-4(5(7,8)9)1-2-10-3-4/h10H,1-3H2. The van der Waals surface area contributed by atoms with E-state index in [1.54, 1.807) is 0 Å². The summed E-state index contributed by atoms with van der Waals surface area (Å²) >= 11 is 5.26. The first-order valence-electron chi connectivity index (χ1n) is 2.92. The van der Waals surface area contributed by atoms with Gasteiger partial charge in [0.1, 0.15) is 0 Å². The molecule has 0 aromatic carbocycles. The fraction of sp³-hybridized carbons (Fsp3) is 1.00. The van der Waals surface area contributed by atoms with Crippen molar-refractivity contribution in [3.8, 4) is 0 Å². The molecule has 1 fully saturated rings. The summed E-state index contributed by atoms with van der Waals surface area (Å²) in [5.41, 5.74) is 0. The topological polar surface area (TPSA) is 12.0 Å². The van der Waals surface area contributed by atoms with Gasteiger partial charge in [-0.3, -0.25) is 0 Å². The molecule has 5 heteroatoms. The third kappa shape index (κ3) is 1.22. The van der Waals surface area contributed by atoms with E-state index in [1.165, 1.54) is 0 Å². The van der Waals surface area contributed by atoms with Crippen LogP contribution in [0.1, 0.15) is 6.42 Å². The molecule has 0 saturated carbocycles. The Bertz CT molecular complexity index is 127. The van der Waals surface area contributed by atoms with Crippen molar-refractivity contribution >= 4 is 11.6 Å². The highest BCUT2D eigenvalue weighted by Crippen LogP contribution is 2.40. The second-order valence-electron chi connectivity index (χ2n) is 2.39. The number of rotatable bonds is 0. The minimum atomic E-state index is -4.28. The van der Waals surface area contributed by atoms with Crippen molar-refractivity contribution in [1.82, 2.24) is 5.32 Å². The lowest BCUT2D eigenvalue weighted by Crippen LogP contribution is -2.41. The molecule has 1 aliphatic rings. The fourth-order valence-electron chi connectivity index (χ4n) is 0.903. The van der Waals surface area contributed by atoms with Crippen molar-refractivity contribution in [2.45, 2.75) is 17.5 Å². The van der Waals surface area contributed by atoms with Crippen LogP contribution >= 0.6 is 11.6 Å². The van der Waals surface area contributed by atoms with Gasteiger partial charge < -0.3 is 5.32 Å². The Hall–Kier alpha value is 0.0400. The lowest BCUT2D eigenvalue weighted by Gasteiger charge is -2.22. The zero-order valence-corrected chi connectivity index (χ0v) is 5.89. The summed E-state index contributed by atoms with van der Waals surface area (Å²) in [7, 11) is 0. The van der Waals surface area contributed by atoms with Crippen molar-refractivity contribution in [3.05, 3.63) is 0 Å². The summed E-state index contributed by atoms with van der Waals surface area (Å²) in [6.07, 6.45) is -4.31. The molecule has 0 spiro atoms. The summed E-state index contributed by atoms with van der Waals surface area (Å²) in [6.45, 7) is 0.182. The minimum absolute atomic E-state index is 0.0297. The summed E-state index contributed by atoms with van der Waals surface area (Å²) in [6, 6.07) is 0. The van der Waals surface area contributed by atoms with E-state index >= 15 is 0 Å². The molecule has 0 amide bonds. The molecular weight excluding hydrogens is 167 g/mol. The molecule has 0 bridgehead atoms. The number of hydrogen-bond acceptors (Lipinski definition) is 1. The van der Waals surface area contributed by atoms with E-state index in [0.29, 0.717) is 6.54 Å². The Morgan fingerprint density at radius 2 is 2.00 bits per heavy atom. The number of halogens is 4. The first-order valence-corrected chi connectivity index (χ1v) is 3.30. The zero-order valence-electron chi connectivity index (χ0n) is 5.13. The van der Waals surface area contributed by atoms with Crippen molar-refractivity contribution < 1.29 is 13.2 Å². The highest BCUT2D eigenvalue weighted by molar-refractivity contribution is 6.25. The predicted molar refractivity (Wildman–Crippen MR) is 32.1 cm³/mol. The van der Waals surface area contributed by atoms with Crippen LogP contribution in [0.3, 0.4) is 0 Å².